The number of imide groups is 1. The van der Waals surface area contributed by atoms with Crippen molar-refractivity contribution < 1.29 is 14.4 Å². The highest BCUT2D eigenvalue weighted by Gasteiger charge is 2.29. The lowest BCUT2D eigenvalue weighted by atomic mass is 10.1. The minimum atomic E-state index is -0.269. The molecule has 1 fully saturated rings. The molecule has 1 saturated heterocycles. The van der Waals surface area contributed by atoms with Gasteiger partial charge in [-0.05, 0) is 11.1 Å². The molecule has 0 saturated carbocycles. The highest BCUT2D eigenvalue weighted by Crippen LogP contribution is 2.21. The third-order valence-corrected chi connectivity index (χ3v) is 3.59. The van der Waals surface area contributed by atoms with E-state index in [4.69, 9.17) is 5.84 Å². The van der Waals surface area contributed by atoms with Crippen molar-refractivity contribution in [1.82, 2.24) is 10.3 Å². The first kappa shape index (κ1) is 13.6. The summed E-state index contributed by atoms with van der Waals surface area (Å²) in [5.41, 5.74) is 3.73. The number of hydrogen-bond acceptors (Lipinski definition) is 5. The first-order chi connectivity index (χ1) is 9.10. The van der Waals surface area contributed by atoms with E-state index in [1.54, 1.807) is 24.3 Å². The van der Waals surface area contributed by atoms with Crippen LogP contribution in [0.15, 0.2) is 24.3 Å². The van der Waals surface area contributed by atoms with Crippen molar-refractivity contribution in [2.75, 3.05) is 5.75 Å². The fourth-order valence-electron chi connectivity index (χ4n) is 1.72. The SMILES string of the molecule is NNC(=O)Cc1ccc(CN2C(=O)CSC2=O)cc1. The summed E-state index contributed by atoms with van der Waals surface area (Å²) in [4.78, 5) is 35.2. The van der Waals surface area contributed by atoms with Gasteiger partial charge in [0.05, 0.1) is 18.7 Å². The van der Waals surface area contributed by atoms with Crippen LogP contribution in [0.25, 0.3) is 0 Å². The standard InChI is InChI=1S/C12H13N3O3S/c13-14-10(16)5-8-1-3-9(4-2-8)6-15-11(17)7-19-12(15)18/h1-4H,5-7,13H2,(H,14,16). The van der Waals surface area contributed by atoms with Crippen LogP contribution in [0.4, 0.5) is 4.79 Å². The fourth-order valence-corrected chi connectivity index (χ4v) is 2.44. The van der Waals surface area contributed by atoms with Gasteiger partial charge in [0.15, 0.2) is 0 Å². The van der Waals surface area contributed by atoms with Crippen molar-refractivity contribution in [3.05, 3.63) is 35.4 Å². The molecule has 19 heavy (non-hydrogen) atoms. The van der Waals surface area contributed by atoms with Gasteiger partial charge in [-0.15, -0.1) is 0 Å². The second-order valence-corrected chi connectivity index (χ2v) is 5.02. The molecule has 1 aromatic carbocycles. The first-order valence-electron chi connectivity index (χ1n) is 5.64. The molecule has 7 heteroatoms. The van der Waals surface area contributed by atoms with Crippen LogP contribution in [0.3, 0.4) is 0 Å². The van der Waals surface area contributed by atoms with E-state index in [0.717, 1.165) is 22.9 Å². The average molecular weight is 279 g/mol. The predicted octanol–water partition coefficient (Wildman–Crippen LogP) is 0.414. The second-order valence-electron chi connectivity index (χ2n) is 4.10. The van der Waals surface area contributed by atoms with Crippen LogP contribution in [-0.4, -0.2) is 27.7 Å². The van der Waals surface area contributed by atoms with E-state index in [9.17, 15) is 14.4 Å². The number of rotatable bonds is 4. The Morgan fingerprint density at radius 3 is 2.42 bits per heavy atom. The van der Waals surface area contributed by atoms with Gasteiger partial charge in [-0.3, -0.25) is 24.7 Å². The molecule has 1 aliphatic heterocycles. The fraction of sp³-hybridized carbons (Fsp3) is 0.250. The Hall–Kier alpha value is -1.86. The molecular weight excluding hydrogens is 266 g/mol. The number of carbonyl (C=O) groups is 3. The number of hydrazine groups is 1. The van der Waals surface area contributed by atoms with Gasteiger partial charge in [-0.25, -0.2) is 5.84 Å². The van der Waals surface area contributed by atoms with E-state index >= 15 is 0 Å². The minimum Gasteiger partial charge on any atom is -0.294 e. The number of benzene rings is 1. The zero-order valence-electron chi connectivity index (χ0n) is 10.1. The zero-order chi connectivity index (χ0) is 13.8. The van der Waals surface area contributed by atoms with E-state index in [2.05, 4.69) is 5.43 Å². The third kappa shape index (κ3) is 3.33. The Morgan fingerprint density at radius 1 is 1.26 bits per heavy atom. The van der Waals surface area contributed by atoms with Crippen LogP contribution in [-0.2, 0) is 22.6 Å². The summed E-state index contributed by atoms with van der Waals surface area (Å²) in [5.74, 6) is 4.79. The van der Waals surface area contributed by atoms with Gasteiger partial charge >= 0.3 is 0 Å². The normalized spacial score (nSPS) is 14.9. The van der Waals surface area contributed by atoms with Crippen LogP contribution in [0, 0.1) is 0 Å². The number of nitrogens with zero attached hydrogens (tertiary/aromatic N) is 1. The van der Waals surface area contributed by atoms with Crippen LogP contribution < -0.4 is 11.3 Å². The van der Waals surface area contributed by atoms with Crippen molar-refractivity contribution in [2.45, 2.75) is 13.0 Å². The topological polar surface area (TPSA) is 92.5 Å². The van der Waals surface area contributed by atoms with Crippen molar-refractivity contribution >= 4 is 28.8 Å². The zero-order valence-corrected chi connectivity index (χ0v) is 10.9. The van der Waals surface area contributed by atoms with E-state index in [1.807, 2.05) is 0 Å². The molecule has 0 aliphatic carbocycles. The summed E-state index contributed by atoms with van der Waals surface area (Å²) in [6, 6.07) is 7.15. The molecule has 6 nitrogen and oxygen atoms in total. The van der Waals surface area contributed by atoms with Gasteiger partial charge in [0.2, 0.25) is 11.8 Å². The summed E-state index contributed by atoms with van der Waals surface area (Å²) < 4.78 is 0. The Morgan fingerprint density at radius 2 is 1.89 bits per heavy atom. The molecule has 0 atom stereocenters. The van der Waals surface area contributed by atoms with Gasteiger partial charge in [0.1, 0.15) is 0 Å². The lowest BCUT2D eigenvalue weighted by Crippen LogP contribution is -2.31. The maximum Gasteiger partial charge on any atom is 0.289 e. The number of nitrogens with two attached hydrogens (primary N) is 1. The molecule has 1 aliphatic rings. The third-order valence-electron chi connectivity index (χ3n) is 2.73. The molecule has 0 radical (unpaired) electrons. The van der Waals surface area contributed by atoms with E-state index in [0.29, 0.717) is 0 Å². The van der Waals surface area contributed by atoms with Crippen molar-refractivity contribution in [1.29, 1.82) is 0 Å². The lowest BCUT2D eigenvalue weighted by Gasteiger charge is -2.12. The first-order valence-corrected chi connectivity index (χ1v) is 6.63. The summed E-state index contributed by atoms with van der Waals surface area (Å²) in [5, 5.41) is -0.211. The smallest absolute Gasteiger partial charge is 0.289 e. The van der Waals surface area contributed by atoms with Crippen LogP contribution >= 0.6 is 11.8 Å². The minimum absolute atomic E-state index is 0.165. The second kappa shape index (κ2) is 5.85. The summed E-state index contributed by atoms with van der Waals surface area (Å²) in [6.07, 6.45) is 0.203. The molecule has 0 spiro atoms. The van der Waals surface area contributed by atoms with Gasteiger partial charge in [0, 0.05) is 0 Å². The van der Waals surface area contributed by atoms with E-state index in [-0.39, 0.29) is 35.8 Å². The predicted molar refractivity (Wildman–Crippen MR) is 70.9 cm³/mol. The molecule has 0 bridgehead atoms. The number of carbonyl (C=O) groups excluding carboxylic acids is 3. The van der Waals surface area contributed by atoms with Crippen LogP contribution in [0.1, 0.15) is 11.1 Å². The highest BCUT2D eigenvalue weighted by atomic mass is 32.2. The van der Waals surface area contributed by atoms with E-state index in [1.165, 1.54) is 4.90 Å². The molecule has 3 amide bonds. The molecule has 100 valence electrons. The van der Waals surface area contributed by atoms with Gasteiger partial charge in [0.25, 0.3) is 5.24 Å². The molecule has 1 aromatic rings. The van der Waals surface area contributed by atoms with Crippen LogP contribution in [0.2, 0.25) is 0 Å². The molecule has 3 N–H and O–H groups in total. The van der Waals surface area contributed by atoms with Crippen molar-refractivity contribution in [3.63, 3.8) is 0 Å². The Bertz CT molecular complexity index is 499. The van der Waals surface area contributed by atoms with Gasteiger partial charge in [-0.1, -0.05) is 36.0 Å². The molecule has 0 aromatic heterocycles. The molecule has 0 unspecified atom stereocenters. The quantitative estimate of drug-likeness (QED) is 0.473. The molecule has 2 rings (SSSR count). The number of amides is 3. The number of hydrogen-bond donors (Lipinski definition) is 2. The van der Waals surface area contributed by atoms with Crippen molar-refractivity contribution in [2.24, 2.45) is 5.84 Å². The number of thioether (sulfide) groups is 1. The monoisotopic (exact) mass is 279 g/mol. The van der Waals surface area contributed by atoms with Crippen molar-refractivity contribution in [3.8, 4) is 0 Å². The van der Waals surface area contributed by atoms with E-state index < -0.39 is 0 Å². The average Bonchev–Trinajstić information content (AvgIpc) is 2.72. The molecular formula is C12H13N3O3S. The van der Waals surface area contributed by atoms with Gasteiger partial charge in [-0.2, -0.15) is 0 Å². The summed E-state index contributed by atoms with van der Waals surface area (Å²) in [7, 11) is 0. The molecule has 1 heterocycles. The summed E-state index contributed by atoms with van der Waals surface area (Å²) >= 11 is 1.02. The van der Waals surface area contributed by atoms with Crippen LogP contribution in [0.5, 0.6) is 0 Å². The summed E-state index contributed by atoms with van der Waals surface area (Å²) in [6.45, 7) is 0.272. The maximum atomic E-state index is 11.5. The Balaban J connectivity index is 2.00. The van der Waals surface area contributed by atoms with Gasteiger partial charge < -0.3 is 0 Å². The highest BCUT2D eigenvalue weighted by molar-refractivity contribution is 8.14. The maximum absolute atomic E-state index is 11.5. The Kier molecular flexibility index (Phi) is 4.18. The Labute approximate surface area is 114 Å². The largest absolute Gasteiger partial charge is 0.294 e. The number of nitrogens with one attached hydrogen (secondary N) is 1. The lowest BCUT2D eigenvalue weighted by molar-refractivity contribution is -0.125.